The van der Waals surface area contributed by atoms with Gasteiger partial charge in [-0.1, -0.05) is 48.5 Å². The second-order valence-corrected chi connectivity index (χ2v) is 8.07. The van der Waals surface area contributed by atoms with Crippen LogP contribution in [0.4, 0.5) is 0 Å². The number of aromatic nitrogens is 1. The number of benzene rings is 2. The lowest BCUT2D eigenvalue weighted by atomic mass is 9.84. The lowest BCUT2D eigenvalue weighted by Crippen LogP contribution is -2.05. The average molecular weight is 378 g/mol. The van der Waals surface area contributed by atoms with Crippen LogP contribution < -0.4 is 0 Å². The minimum absolute atomic E-state index is 1.10. The van der Waals surface area contributed by atoms with E-state index in [1.165, 1.54) is 22.0 Å². The van der Waals surface area contributed by atoms with Crippen molar-refractivity contribution < 1.29 is 0 Å². The molecule has 28 heavy (non-hydrogen) atoms. The van der Waals surface area contributed by atoms with Gasteiger partial charge in [-0.3, -0.25) is 0 Å². The Balaban J connectivity index is 2.72. The van der Waals surface area contributed by atoms with E-state index in [1.54, 1.807) is 44.3 Å². The second-order valence-electron chi connectivity index (χ2n) is 8.07. The van der Waals surface area contributed by atoms with Gasteiger partial charge in [0.2, 0.25) is 0 Å². The van der Waals surface area contributed by atoms with Gasteiger partial charge in [0.25, 0.3) is 0 Å². The third-order valence-electron chi connectivity index (χ3n) is 7.04. The Hall–Kier alpha value is -1.76. The van der Waals surface area contributed by atoms with Gasteiger partial charge in [0, 0.05) is 10.8 Å². The number of aryl methyl sites for hydroxylation is 4. The standard InChI is InChI=1S/C27H39N/c1-9-17-16(8)18(10-2)24-25-21(13-5)19(11-3)20(12-4)23(15-7)27(25)28-26(24)22(17)14-6/h28H,9-15H2,1-8H3. The fraction of sp³-hybridized carbons (Fsp3) is 0.556. The first-order chi connectivity index (χ1) is 13.5. The normalized spacial score (nSPS) is 11.9. The molecule has 0 amide bonds. The predicted molar refractivity (Wildman–Crippen MR) is 126 cm³/mol. The molecule has 3 aromatic rings. The third kappa shape index (κ3) is 2.81. The molecule has 1 heterocycles. The van der Waals surface area contributed by atoms with E-state index in [-0.39, 0.29) is 0 Å². The number of nitrogens with one attached hydrogen (secondary N) is 1. The van der Waals surface area contributed by atoms with Gasteiger partial charge in [-0.2, -0.15) is 0 Å². The van der Waals surface area contributed by atoms with Gasteiger partial charge in [-0.15, -0.1) is 0 Å². The van der Waals surface area contributed by atoms with Crippen molar-refractivity contribution in [2.45, 2.75) is 100 Å². The van der Waals surface area contributed by atoms with Gasteiger partial charge in [0.05, 0.1) is 11.0 Å². The first-order valence-corrected chi connectivity index (χ1v) is 11.7. The maximum atomic E-state index is 3.99. The summed E-state index contributed by atoms with van der Waals surface area (Å²) < 4.78 is 0. The predicted octanol–water partition coefficient (Wildman–Crippen LogP) is 7.57. The van der Waals surface area contributed by atoms with Crippen molar-refractivity contribution >= 4 is 21.8 Å². The highest BCUT2D eigenvalue weighted by Gasteiger charge is 2.24. The molecule has 0 saturated heterocycles. The molecular weight excluding hydrogens is 338 g/mol. The lowest BCUT2D eigenvalue weighted by molar-refractivity contribution is 0.959. The van der Waals surface area contributed by atoms with Crippen molar-refractivity contribution in [2.24, 2.45) is 0 Å². The average Bonchev–Trinajstić information content (AvgIpc) is 3.10. The number of H-pyrrole nitrogens is 1. The Bertz CT molecular complexity index is 1020. The molecule has 1 nitrogen and oxygen atoms in total. The fourth-order valence-electron chi connectivity index (χ4n) is 5.91. The van der Waals surface area contributed by atoms with E-state index in [9.17, 15) is 0 Å². The summed E-state index contributed by atoms with van der Waals surface area (Å²) in [6.45, 7) is 18.7. The highest BCUT2D eigenvalue weighted by Crippen LogP contribution is 2.42. The molecule has 0 spiro atoms. The van der Waals surface area contributed by atoms with Gasteiger partial charge in [-0.05, 0) is 96.4 Å². The second kappa shape index (κ2) is 8.31. The van der Waals surface area contributed by atoms with E-state index in [0.29, 0.717) is 0 Å². The van der Waals surface area contributed by atoms with E-state index in [0.717, 1.165) is 44.9 Å². The quantitative estimate of drug-likeness (QED) is 0.437. The van der Waals surface area contributed by atoms with E-state index < -0.39 is 0 Å². The Labute approximate surface area is 171 Å². The molecule has 1 aromatic heterocycles. The highest BCUT2D eigenvalue weighted by molar-refractivity contribution is 6.14. The van der Waals surface area contributed by atoms with Crippen LogP contribution in [-0.2, 0) is 44.9 Å². The molecule has 1 N–H and O–H groups in total. The summed E-state index contributed by atoms with van der Waals surface area (Å²) in [5, 5.41) is 3.08. The molecule has 2 aromatic carbocycles. The van der Waals surface area contributed by atoms with E-state index in [4.69, 9.17) is 0 Å². The van der Waals surface area contributed by atoms with Gasteiger partial charge >= 0.3 is 0 Å². The molecule has 3 rings (SSSR count). The highest BCUT2D eigenvalue weighted by atomic mass is 14.7. The number of fused-ring (bicyclic) bond motifs is 3. The third-order valence-corrected chi connectivity index (χ3v) is 7.04. The van der Waals surface area contributed by atoms with Gasteiger partial charge in [0.1, 0.15) is 0 Å². The molecule has 0 fully saturated rings. The Morgan fingerprint density at radius 1 is 0.429 bits per heavy atom. The van der Waals surface area contributed by atoms with E-state index in [1.807, 2.05) is 0 Å². The molecule has 0 aliphatic heterocycles. The Morgan fingerprint density at radius 2 is 0.786 bits per heavy atom. The zero-order chi connectivity index (χ0) is 20.6. The maximum Gasteiger partial charge on any atom is 0.0503 e. The van der Waals surface area contributed by atoms with Gasteiger partial charge in [0.15, 0.2) is 0 Å². The largest absolute Gasteiger partial charge is 0.354 e. The monoisotopic (exact) mass is 377 g/mol. The molecule has 0 aliphatic rings. The maximum absolute atomic E-state index is 3.99. The van der Waals surface area contributed by atoms with Crippen LogP contribution in [0.25, 0.3) is 21.8 Å². The van der Waals surface area contributed by atoms with Crippen LogP contribution >= 0.6 is 0 Å². The minimum atomic E-state index is 1.10. The molecule has 0 radical (unpaired) electrons. The first kappa shape index (κ1) is 21.0. The zero-order valence-corrected chi connectivity index (χ0v) is 19.4. The van der Waals surface area contributed by atoms with Crippen molar-refractivity contribution in [3.05, 3.63) is 44.5 Å². The lowest BCUT2D eigenvalue weighted by Gasteiger charge is -2.20. The summed E-state index contributed by atoms with van der Waals surface area (Å²) in [7, 11) is 0. The molecule has 0 atom stereocenters. The van der Waals surface area contributed by atoms with Crippen LogP contribution in [0, 0.1) is 6.92 Å². The molecule has 0 saturated carbocycles. The Morgan fingerprint density at radius 3 is 1.21 bits per heavy atom. The van der Waals surface area contributed by atoms with Crippen molar-refractivity contribution in [3.63, 3.8) is 0 Å². The summed E-state index contributed by atoms with van der Waals surface area (Å²) in [5.74, 6) is 0. The van der Waals surface area contributed by atoms with E-state index in [2.05, 4.69) is 60.4 Å². The summed E-state index contributed by atoms with van der Waals surface area (Å²) in [6.07, 6.45) is 7.81. The molecule has 0 bridgehead atoms. The number of hydrogen-bond acceptors (Lipinski definition) is 0. The topological polar surface area (TPSA) is 15.8 Å². The van der Waals surface area contributed by atoms with Gasteiger partial charge < -0.3 is 4.98 Å². The summed E-state index contributed by atoms with van der Waals surface area (Å²) in [6, 6.07) is 0. The van der Waals surface area contributed by atoms with Crippen molar-refractivity contribution in [3.8, 4) is 0 Å². The molecule has 1 heteroatoms. The van der Waals surface area contributed by atoms with Crippen molar-refractivity contribution in [1.82, 2.24) is 4.98 Å². The number of hydrogen-bond donors (Lipinski definition) is 1. The first-order valence-electron chi connectivity index (χ1n) is 11.7. The minimum Gasteiger partial charge on any atom is -0.354 e. The zero-order valence-electron chi connectivity index (χ0n) is 19.4. The molecular formula is C27H39N. The van der Waals surface area contributed by atoms with Crippen LogP contribution in [0.5, 0.6) is 0 Å². The number of aromatic amines is 1. The molecule has 0 aliphatic carbocycles. The van der Waals surface area contributed by atoms with Gasteiger partial charge in [-0.25, -0.2) is 0 Å². The smallest absolute Gasteiger partial charge is 0.0503 e. The fourth-order valence-corrected chi connectivity index (χ4v) is 5.91. The molecule has 0 unspecified atom stereocenters. The van der Waals surface area contributed by atoms with Crippen molar-refractivity contribution in [2.75, 3.05) is 0 Å². The SMILES string of the molecule is CCc1c(C)c(CC)c2c([nH]c3c(CC)c(CC)c(CC)c(CC)c32)c1CC. The summed E-state index contributed by atoms with van der Waals surface area (Å²) >= 11 is 0. The molecule has 152 valence electrons. The summed E-state index contributed by atoms with van der Waals surface area (Å²) in [4.78, 5) is 3.99. The van der Waals surface area contributed by atoms with Crippen LogP contribution in [0.2, 0.25) is 0 Å². The van der Waals surface area contributed by atoms with Crippen LogP contribution in [0.15, 0.2) is 0 Å². The van der Waals surface area contributed by atoms with Crippen molar-refractivity contribution in [1.29, 1.82) is 0 Å². The van der Waals surface area contributed by atoms with E-state index >= 15 is 0 Å². The number of rotatable bonds is 7. The van der Waals surface area contributed by atoms with Crippen LogP contribution in [0.1, 0.15) is 93.0 Å². The van der Waals surface area contributed by atoms with Crippen LogP contribution in [0.3, 0.4) is 0 Å². The summed E-state index contributed by atoms with van der Waals surface area (Å²) in [5.41, 5.74) is 15.4. The Kier molecular flexibility index (Phi) is 6.22. The van der Waals surface area contributed by atoms with Crippen LogP contribution in [-0.4, -0.2) is 4.98 Å².